The fourth-order valence-electron chi connectivity index (χ4n) is 1.27. The maximum absolute atomic E-state index is 13.3. The van der Waals surface area contributed by atoms with Crippen LogP contribution in [-0.2, 0) is 0 Å². The number of benzene rings is 1. The van der Waals surface area contributed by atoms with Gasteiger partial charge < -0.3 is 14.9 Å². The van der Waals surface area contributed by atoms with Crippen molar-refractivity contribution in [1.82, 2.24) is 0 Å². The van der Waals surface area contributed by atoms with Crippen LogP contribution in [0.3, 0.4) is 0 Å². The maximum Gasteiger partial charge on any atom is 0.342 e. The van der Waals surface area contributed by atoms with E-state index >= 15 is 0 Å². The summed E-state index contributed by atoms with van der Waals surface area (Å²) in [5.41, 5.74) is -1.35. The van der Waals surface area contributed by atoms with Crippen molar-refractivity contribution < 1.29 is 32.9 Å². The molecule has 0 heterocycles. The molecule has 0 atom stereocenters. The van der Waals surface area contributed by atoms with E-state index in [0.717, 1.165) is 0 Å². The maximum atomic E-state index is 13.3. The van der Waals surface area contributed by atoms with Crippen LogP contribution in [0.4, 0.5) is 13.2 Å². The van der Waals surface area contributed by atoms with Gasteiger partial charge in [0.05, 0.1) is 6.61 Å². The quantitative estimate of drug-likeness (QED) is 0.633. The summed E-state index contributed by atoms with van der Waals surface area (Å²) in [6, 6.07) is 0. The van der Waals surface area contributed by atoms with E-state index < -0.39 is 40.5 Å². The summed E-state index contributed by atoms with van der Waals surface area (Å²) in [5, 5.41) is 18.0. The number of hydrogen-bond donors (Lipinski definition) is 2. The fraction of sp³-hybridized carbons (Fsp3) is 0.364. The molecule has 0 spiro atoms. The zero-order valence-corrected chi connectivity index (χ0v) is 9.47. The topological polar surface area (TPSA) is 66.8 Å². The molecule has 1 aromatic carbocycles. The van der Waals surface area contributed by atoms with Gasteiger partial charge in [0.2, 0.25) is 11.6 Å². The first kappa shape index (κ1) is 14.1. The van der Waals surface area contributed by atoms with Crippen molar-refractivity contribution >= 4 is 5.97 Å². The molecule has 1 rings (SSSR count). The van der Waals surface area contributed by atoms with Crippen LogP contribution >= 0.6 is 0 Å². The summed E-state index contributed by atoms with van der Waals surface area (Å²) in [5.74, 6) is -9.85. The molecule has 1 aromatic rings. The van der Waals surface area contributed by atoms with Crippen LogP contribution in [0.2, 0.25) is 0 Å². The minimum atomic E-state index is -1.99. The molecule has 100 valence electrons. The highest BCUT2D eigenvalue weighted by Crippen LogP contribution is 2.37. The van der Waals surface area contributed by atoms with Crippen molar-refractivity contribution in [3.8, 4) is 11.5 Å². The first-order valence-electron chi connectivity index (χ1n) is 5.17. The van der Waals surface area contributed by atoms with Gasteiger partial charge in [0.25, 0.3) is 0 Å². The van der Waals surface area contributed by atoms with Gasteiger partial charge in [0, 0.05) is 0 Å². The van der Waals surface area contributed by atoms with Crippen LogP contribution in [0.5, 0.6) is 11.5 Å². The van der Waals surface area contributed by atoms with Crippen molar-refractivity contribution in [1.29, 1.82) is 0 Å². The molecule has 0 fully saturated rings. The number of carboxylic acids is 1. The van der Waals surface area contributed by atoms with Gasteiger partial charge in [-0.3, -0.25) is 0 Å². The van der Waals surface area contributed by atoms with Crippen molar-refractivity contribution in [3.05, 3.63) is 23.0 Å². The Labute approximate surface area is 101 Å². The van der Waals surface area contributed by atoms with Crippen molar-refractivity contribution in [2.75, 3.05) is 6.61 Å². The molecule has 0 saturated heterocycles. The third-order valence-corrected chi connectivity index (χ3v) is 2.21. The van der Waals surface area contributed by atoms with Crippen molar-refractivity contribution in [3.63, 3.8) is 0 Å². The van der Waals surface area contributed by atoms with Crippen LogP contribution in [0.15, 0.2) is 0 Å². The molecule has 0 aromatic heterocycles. The molecule has 0 aliphatic rings. The first-order chi connectivity index (χ1) is 8.41. The predicted octanol–water partition coefficient (Wildman–Crippen LogP) is 2.69. The number of halogens is 3. The first-order valence-corrected chi connectivity index (χ1v) is 5.17. The zero-order valence-electron chi connectivity index (χ0n) is 9.47. The molecule has 4 nitrogen and oxygen atoms in total. The number of aromatic carboxylic acids is 1. The SMILES string of the molecule is CCCCOc1c(O)c(C(=O)O)c(F)c(F)c1F. The Morgan fingerprint density at radius 1 is 1.22 bits per heavy atom. The Morgan fingerprint density at radius 2 is 1.83 bits per heavy atom. The molecule has 0 aliphatic heterocycles. The second kappa shape index (κ2) is 5.61. The van der Waals surface area contributed by atoms with E-state index in [4.69, 9.17) is 9.84 Å². The number of phenols is 1. The number of carbonyl (C=O) groups is 1. The van der Waals surface area contributed by atoms with Crippen LogP contribution in [0.25, 0.3) is 0 Å². The third-order valence-electron chi connectivity index (χ3n) is 2.21. The van der Waals surface area contributed by atoms with E-state index in [1.807, 2.05) is 6.92 Å². The van der Waals surface area contributed by atoms with Gasteiger partial charge in [0.15, 0.2) is 17.4 Å². The molecule has 2 N–H and O–H groups in total. The molecule has 0 unspecified atom stereocenters. The van der Waals surface area contributed by atoms with Gasteiger partial charge in [0.1, 0.15) is 5.56 Å². The Balaban J connectivity index is 3.29. The average molecular weight is 264 g/mol. The summed E-state index contributed by atoms with van der Waals surface area (Å²) in [4.78, 5) is 10.6. The minimum Gasteiger partial charge on any atom is -0.504 e. The summed E-state index contributed by atoms with van der Waals surface area (Å²) < 4.78 is 44.3. The monoisotopic (exact) mass is 264 g/mol. The van der Waals surface area contributed by atoms with Gasteiger partial charge in [-0.15, -0.1) is 0 Å². The molecular formula is C11H11F3O4. The van der Waals surface area contributed by atoms with Gasteiger partial charge in [-0.05, 0) is 6.42 Å². The summed E-state index contributed by atoms with van der Waals surface area (Å²) in [6.07, 6.45) is 1.18. The second-order valence-corrected chi connectivity index (χ2v) is 3.50. The predicted molar refractivity (Wildman–Crippen MR) is 55.3 cm³/mol. The van der Waals surface area contributed by atoms with Crippen molar-refractivity contribution in [2.45, 2.75) is 19.8 Å². The molecule has 0 saturated carbocycles. The number of carboxylic acid groups (broad SMARTS) is 1. The lowest BCUT2D eigenvalue weighted by atomic mass is 10.1. The smallest absolute Gasteiger partial charge is 0.342 e. The molecule has 0 bridgehead atoms. The average Bonchev–Trinajstić information content (AvgIpc) is 2.30. The number of hydrogen-bond acceptors (Lipinski definition) is 3. The largest absolute Gasteiger partial charge is 0.504 e. The lowest BCUT2D eigenvalue weighted by Crippen LogP contribution is -2.09. The number of ether oxygens (including phenoxy) is 1. The standard InChI is InChI=1S/C11H11F3O4/c1-2-3-4-18-10-8(14)7(13)6(12)5(9(10)15)11(16)17/h15H,2-4H2,1H3,(H,16,17). The minimum absolute atomic E-state index is 0.0505. The van der Waals surface area contributed by atoms with Crippen LogP contribution in [-0.4, -0.2) is 22.8 Å². The molecular weight excluding hydrogens is 253 g/mol. The van der Waals surface area contributed by atoms with E-state index in [2.05, 4.69) is 0 Å². The molecule has 0 aliphatic carbocycles. The lowest BCUT2D eigenvalue weighted by Gasteiger charge is -2.12. The van der Waals surface area contributed by atoms with E-state index in [-0.39, 0.29) is 6.61 Å². The highest BCUT2D eigenvalue weighted by molar-refractivity contribution is 5.92. The molecule has 18 heavy (non-hydrogen) atoms. The number of rotatable bonds is 5. The van der Waals surface area contributed by atoms with E-state index in [1.54, 1.807) is 0 Å². The van der Waals surface area contributed by atoms with Crippen molar-refractivity contribution in [2.24, 2.45) is 0 Å². The van der Waals surface area contributed by atoms with Gasteiger partial charge in [-0.2, -0.15) is 4.39 Å². The highest BCUT2D eigenvalue weighted by atomic mass is 19.2. The normalized spacial score (nSPS) is 10.4. The van der Waals surface area contributed by atoms with E-state index in [0.29, 0.717) is 12.8 Å². The third kappa shape index (κ3) is 2.49. The fourth-order valence-corrected chi connectivity index (χ4v) is 1.27. The van der Waals surface area contributed by atoms with E-state index in [1.165, 1.54) is 0 Å². The van der Waals surface area contributed by atoms with Crippen LogP contribution in [0.1, 0.15) is 30.1 Å². The Bertz CT molecular complexity index is 474. The highest BCUT2D eigenvalue weighted by Gasteiger charge is 2.29. The summed E-state index contributed by atoms with van der Waals surface area (Å²) >= 11 is 0. The molecule has 7 heteroatoms. The Hall–Kier alpha value is -1.92. The second-order valence-electron chi connectivity index (χ2n) is 3.50. The van der Waals surface area contributed by atoms with Gasteiger partial charge in [-0.1, -0.05) is 13.3 Å². The summed E-state index contributed by atoms with van der Waals surface area (Å²) in [6.45, 7) is 1.76. The number of aromatic hydroxyl groups is 1. The van der Waals surface area contributed by atoms with E-state index in [9.17, 15) is 23.1 Å². The number of unbranched alkanes of at least 4 members (excludes halogenated alkanes) is 1. The molecule has 0 amide bonds. The Morgan fingerprint density at radius 3 is 2.33 bits per heavy atom. The van der Waals surface area contributed by atoms with Gasteiger partial charge in [-0.25, -0.2) is 13.6 Å². The summed E-state index contributed by atoms with van der Waals surface area (Å²) in [7, 11) is 0. The molecule has 0 radical (unpaired) electrons. The van der Waals surface area contributed by atoms with Crippen LogP contribution in [0, 0.1) is 17.5 Å². The zero-order chi connectivity index (χ0) is 13.9. The lowest BCUT2D eigenvalue weighted by molar-refractivity contribution is 0.0685. The van der Waals surface area contributed by atoms with Gasteiger partial charge >= 0.3 is 5.97 Å². The van der Waals surface area contributed by atoms with Crippen LogP contribution < -0.4 is 4.74 Å². The Kier molecular flexibility index (Phi) is 4.41.